The molecular weight excluding hydrogens is 230 g/mol. The lowest BCUT2D eigenvalue weighted by Crippen LogP contribution is -2.53. The largest absolute Gasteiger partial charge is 0.409 e. The van der Waals surface area contributed by atoms with Crippen LogP contribution in [0.25, 0.3) is 0 Å². The summed E-state index contributed by atoms with van der Waals surface area (Å²) in [7, 11) is 0. The summed E-state index contributed by atoms with van der Waals surface area (Å²) >= 11 is 0. The van der Waals surface area contributed by atoms with E-state index >= 15 is 0 Å². The van der Waals surface area contributed by atoms with E-state index in [-0.39, 0.29) is 17.2 Å². The van der Waals surface area contributed by atoms with E-state index in [2.05, 4.69) is 38.2 Å². The molecule has 1 amide bonds. The molecule has 0 aromatic carbocycles. The van der Waals surface area contributed by atoms with Gasteiger partial charge in [-0.15, -0.1) is 0 Å². The van der Waals surface area contributed by atoms with Crippen LogP contribution >= 0.6 is 0 Å². The number of carbonyl (C=O) groups is 1. The Hall–Kier alpha value is -1.26. The molecule has 0 radical (unpaired) electrons. The molecule has 0 aliphatic rings. The average molecular weight is 257 g/mol. The Morgan fingerprint density at radius 2 is 1.83 bits per heavy atom. The zero-order valence-corrected chi connectivity index (χ0v) is 12.4. The van der Waals surface area contributed by atoms with Crippen molar-refractivity contribution >= 4 is 11.7 Å². The van der Waals surface area contributed by atoms with Crippen LogP contribution in [0, 0.1) is 11.3 Å². The highest BCUT2D eigenvalue weighted by molar-refractivity contribution is 5.93. The average Bonchev–Trinajstić information content (AvgIpc) is 2.11. The fourth-order valence-electron chi connectivity index (χ4n) is 2.02. The maximum atomic E-state index is 11.9. The fourth-order valence-corrected chi connectivity index (χ4v) is 2.02. The van der Waals surface area contributed by atoms with E-state index in [0.29, 0.717) is 12.3 Å². The van der Waals surface area contributed by atoms with Crippen molar-refractivity contribution in [3.05, 3.63) is 0 Å². The van der Waals surface area contributed by atoms with Gasteiger partial charge >= 0.3 is 0 Å². The molecule has 0 saturated carbocycles. The van der Waals surface area contributed by atoms with Gasteiger partial charge in [0, 0.05) is 6.42 Å². The first kappa shape index (κ1) is 16.7. The summed E-state index contributed by atoms with van der Waals surface area (Å²) in [4.78, 5) is 11.9. The molecule has 18 heavy (non-hydrogen) atoms. The van der Waals surface area contributed by atoms with Crippen LogP contribution in [-0.2, 0) is 4.79 Å². The van der Waals surface area contributed by atoms with Crippen molar-refractivity contribution in [2.24, 2.45) is 22.2 Å². The van der Waals surface area contributed by atoms with Crippen molar-refractivity contribution in [3.63, 3.8) is 0 Å². The first-order valence-electron chi connectivity index (χ1n) is 6.27. The number of nitrogens with one attached hydrogen (secondary N) is 1. The lowest BCUT2D eigenvalue weighted by Gasteiger charge is -2.27. The quantitative estimate of drug-likeness (QED) is 0.305. The highest BCUT2D eigenvalue weighted by atomic mass is 16.4. The molecule has 0 heterocycles. The van der Waals surface area contributed by atoms with Crippen LogP contribution in [0.15, 0.2) is 5.16 Å². The molecule has 4 N–H and O–H groups in total. The minimum atomic E-state index is -0.826. The van der Waals surface area contributed by atoms with Gasteiger partial charge < -0.3 is 16.3 Å². The number of carbonyl (C=O) groups excluding carboxylic acids is 1. The van der Waals surface area contributed by atoms with Crippen molar-refractivity contribution in [1.29, 1.82) is 0 Å². The second kappa shape index (κ2) is 6.07. The number of amidine groups is 1. The predicted molar refractivity (Wildman–Crippen MR) is 73.5 cm³/mol. The Labute approximate surface area is 110 Å². The zero-order valence-electron chi connectivity index (χ0n) is 12.4. The highest BCUT2D eigenvalue weighted by Gasteiger charge is 2.26. The van der Waals surface area contributed by atoms with Gasteiger partial charge in [-0.2, -0.15) is 0 Å². The molecule has 0 rings (SSSR count). The van der Waals surface area contributed by atoms with Crippen LogP contribution in [0.4, 0.5) is 0 Å². The monoisotopic (exact) mass is 257 g/mol. The van der Waals surface area contributed by atoms with Gasteiger partial charge in [-0.3, -0.25) is 4.79 Å². The lowest BCUT2D eigenvalue weighted by molar-refractivity contribution is -0.123. The standard InChI is InChI=1S/C13H27N3O2/c1-9(8-12(2,3)4)7-10(17)15-13(5,6)11(14)16-18/h9,18H,7-8H2,1-6H3,(H2,14,16)(H,15,17). The summed E-state index contributed by atoms with van der Waals surface area (Å²) in [5, 5.41) is 14.3. The van der Waals surface area contributed by atoms with Gasteiger partial charge in [0.15, 0.2) is 5.84 Å². The molecule has 0 aromatic heterocycles. The van der Waals surface area contributed by atoms with Gasteiger partial charge in [0.25, 0.3) is 0 Å². The molecule has 106 valence electrons. The number of nitrogens with two attached hydrogens (primary N) is 1. The zero-order chi connectivity index (χ0) is 14.6. The molecule has 5 nitrogen and oxygen atoms in total. The molecule has 0 aliphatic heterocycles. The molecule has 5 heteroatoms. The molecule has 1 unspecified atom stereocenters. The third-order valence-corrected chi connectivity index (χ3v) is 2.69. The summed E-state index contributed by atoms with van der Waals surface area (Å²) in [6.07, 6.45) is 1.42. The molecule has 1 atom stereocenters. The Kier molecular flexibility index (Phi) is 5.64. The van der Waals surface area contributed by atoms with Gasteiger partial charge in [0.05, 0.1) is 5.54 Å². The van der Waals surface area contributed by atoms with E-state index < -0.39 is 5.54 Å². The number of hydrogen-bond donors (Lipinski definition) is 3. The van der Waals surface area contributed by atoms with Crippen molar-refractivity contribution in [1.82, 2.24) is 5.32 Å². The van der Waals surface area contributed by atoms with Crippen LogP contribution in [0.1, 0.15) is 54.4 Å². The number of amides is 1. The second-order valence-electron chi connectivity index (χ2n) is 6.73. The number of rotatable bonds is 5. The Balaban J connectivity index is 4.36. The van der Waals surface area contributed by atoms with E-state index in [0.717, 1.165) is 6.42 Å². The maximum absolute atomic E-state index is 11.9. The Morgan fingerprint density at radius 1 is 1.33 bits per heavy atom. The van der Waals surface area contributed by atoms with Gasteiger partial charge in [0.1, 0.15) is 0 Å². The molecular formula is C13H27N3O2. The van der Waals surface area contributed by atoms with Crippen LogP contribution in [0.2, 0.25) is 0 Å². The van der Waals surface area contributed by atoms with Crippen LogP contribution in [-0.4, -0.2) is 22.5 Å². The van der Waals surface area contributed by atoms with E-state index in [1.807, 2.05) is 0 Å². The van der Waals surface area contributed by atoms with E-state index in [1.165, 1.54) is 0 Å². The smallest absolute Gasteiger partial charge is 0.221 e. The fraction of sp³-hybridized carbons (Fsp3) is 0.846. The van der Waals surface area contributed by atoms with Crippen molar-refractivity contribution in [2.75, 3.05) is 0 Å². The van der Waals surface area contributed by atoms with Crippen LogP contribution in [0.3, 0.4) is 0 Å². The molecule has 0 aromatic rings. The first-order chi connectivity index (χ1) is 7.98. The summed E-state index contributed by atoms with van der Waals surface area (Å²) in [5.74, 6) is 0.218. The minimum Gasteiger partial charge on any atom is -0.409 e. The van der Waals surface area contributed by atoms with Gasteiger partial charge in [-0.05, 0) is 31.6 Å². The summed E-state index contributed by atoms with van der Waals surface area (Å²) in [5.41, 5.74) is 4.90. The summed E-state index contributed by atoms with van der Waals surface area (Å²) in [6, 6.07) is 0. The van der Waals surface area contributed by atoms with Gasteiger partial charge in [-0.25, -0.2) is 0 Å². The van der Waals surface area contributed by atoms with Crippen molar-refractivity contribution < 1.29 is 10.0 Å². The second-order valence-corrected chi connectivity index (χ2v) is 6.73. The number of nitrogens with zero attached hydrogens (tertiary/aromatic N) is 1. The molecule has 0 aliphatic carbocycles. The van der Waals surface area contributed by atoms with Crippen molar-refractivity contribution in [2.45, 2.75) is 59.9 Å². The van der Waals surface area contributed by atoms with E-state index in [1.54, 1.807) is 13.8 Å². The molecule has 0 fully saturated rings. The summed E-state index contributed by atoms with van der Waals surface area (Å²) < 4.78 is 0. The first-order valence-corrected chi connectivity index (χ1v) is 6.27. The molecule has 0 saturated heterocycles. The van der Waals surface area contributed by atoms with Gasteiger partial charge in [0.2, 0.25) is 5.91 Å². The van der Waals surface area contributed by atoms with E-state index in [9.17, 15) is 4.79 Å². The summed E-state index contributed by atoms with van der Waals surface area (Å²) in [6.45, 7) is 11.9. The van der Waals surface area contributed by atoms with Crippen molar-refractivity contribution in [3.8, 4) is 0 Å². The Morgan fingerprint density at radius 3 is 2.22 bits per heavy atom. The third-order valence-electron chi connectivity index (χ3n) is 2.69. The third kappa shape index (κ3) is 6.47. The van der Waals surface area contributed by atoms with Crippen LogP contribution < -0.4 is 11.1 Å². The normalized spacial score (nSPS) is 15.3. The lowest BCUT2D eigenvalue weighted by atomic mass is 9.84. The molecule has 0 spiro atoms. The predicted octanol–water partition coefficient (Wildman–Crippen LogP) is 2.09. The van der Waals surface area contributed by atoms with Crippen LogP contribution in [0.5, 0.6) is 0 Å². The minimum absolute atomic E-state index is 0.000626. The van der Waals surface area contributed by atoms with Gasteiger partial charge in [-0.1, -0.05) is 32.9 Å². The highest BCUT2D eigenvalue weighted by Crippen LogP contribution is 2.25. The Bertz CT molecular complexity index is 317. The van der Waals surface area contributed by atoms with E-state index in [4.69, 9.17) is 10.9 Å². The topological polar surface area (TPSA) is 87.7 Å². The molecule has 0 bridgehead atoms. The SMILES string of the molecule is CC(CC(=O)NC(C)(C)/C(N)=N/O)CC(C)(C)C. The number of hydrogen-bond acceptors (Lipinski definition) is 3. The maximum Gasteiger partial charge on any atom is 0.221 e. The number of oxime groups is 1.